The highest BCUT2D eigenvalue weighted by Gasteiger charge is 2.28. The van der Waals surface area contributed by atoms with Crippen LogP contribution in [0.25, 0.3) is 0 Å². The van der Waals surface area contributed by atoms with Crippen molar-refractivity contribution in [1.82, 2.24) is 14.8 Å². The van der Waals surface area contributed by atoms with Crippen LogP contribution in [0.15, 0.2) is 0 Å². The third kappa shape index (κ3) is 1.85. The summed E-state index contributed by atoms with van der Waals surface area (Å²) in [4.78, 5) is 15.1. The fourth-order valence-corrected chi connectivity index (χ4v) is 1.83. The summed E-state index contributed by atoms with van der Waals surface area (Å²) in [6.07, 6.45) is 2.58. The van der Waals surface area contributed by atoms with Gasteiger partial charge in [0.05, 0.1) is 6.61 Å². The zero-order chi connectivity index (χ0) is 10.8. The van der Waals surface area contributed by atoms with E-state index in [4.69, 9.17) is 10.2 Å². The Labute approximate surface area is 86.6 Å². The molecule has 0 fully saturated rings. The molecule has 15 heavy (non-hydrogen) atoms. The summed E-state index contributed by atoms with van der Waals surface area (Å²) < 4.78 is 1.48. The summed E-state index contributed by atoms with van der Waals surface area (Å²) in [6, 6.07) is -0.589. The van der Waals surface area contributed by atoms with Gasteiger partial charge in [0.15, 0.2) is 11.9 Å². The fraction of sp³-hybridized carbons (Fsp3) is 0.667. The molecule has 0 saturated heterocycles. The van der Waals surface area contributed by atoms with Crippen molar-refractivity contribution in [3.05, 3.63) is 11.6 Å². The number of fused-ring (bicyclic) bond motifs is 1. The summed E-state index contributed by atoms with van der Waals surface area (Å²) in [5.41, 5.74) is 0. The molecule has 6 heteroatoms. The van der Waals surface area contributed by atoms with Gasteiger partial charge in [0.2, 0.25) is 0 Å². The normalized spacial score (nSPS) is 19.9. The number of aliphatic carboxylic acids is 1. The Kier molecular flexibility index (Phi) is 2.68. The maximum absolute atomic E-state index is 10.9. The van der Waals surface area contributed by atoms with Crippen molar-refractivity contribution < 1.29 is 15.0 Å². The SMILES string of the molecule is O=C(O)C1CCCc2nc(CCO)nn21. The van der Waals surface area contributed by atoms with E-state index in [1.54, 1.807) is 0 Å². The van der Waals surface area contributed by atoms with Gasteiger partial charge in [-0.15, -0.1) is 0 Å². The number of hydrogen-bond acceptors (Lipinski definition) is 4. The molecule has 0 radical (unpaired) electrons. The Morgan fingerprint density at radius 2 is 2.40 bits per heavy atom. The van der Waals surface area contributed by atoms with Crippen molar-refractivity contribution in [2.24, 2.45) is 0 Å². The van der Waals surface area contributed by atoms with Gasteiger partial charge in [-0.05, 0) is 12.8 Å². The van der Waals surface area contributed by atoms with Crippen molar-refractivity contribution in [3.8, 4) is 0 Å². The first-order chi connectivity index (χ1) is 7.22. The van der Waals surface area contributed by atoms with Gasteiger partial charge >= 0.3 is 5.97 Å². The molecule has 1 atom stereocenters. The Morgan fingerprint density at radius 1 is 1.60 bits per heavy atom. The Balaban J connectivity index is 2.30. The van der Waals surface area contributed by atoms with Gasteiger partial charge in [-0.3, -0.25) is 0 Å². The van der Waals surface area contributed by atoms with E-state index in [1.807, 2.05) is 0 Å². The third-order valence-corrected chi connectivity index (χ3v) is 2.54. The van der Waals surface area contributed by atoms with Crippen molar-refractivity contribution in [1.29, 1.82) is 0 Å². The summed E-state index contributed by atoms with van der Waals surface area (Å²) in [7, 11) is 0. The quantitative estimate of drug-likeness (QED) is 0.721. The van der Waals surface area contributed by atoms with Crippen LogP contribution in [0, 0.1) is 0 Å². The molecule has 2 rings (SSSR count). The zero-order valence-corrected chi connectivity index (χ0v) is 8.26. The molecule has 6 nitrogen and oxygen atoms in total. The second-order valence-corrected chi connectivity index (χ2v) is 3.61. The lowest BCUT2D eigenvalue weighted by Gasteiger charge is -2.19. The van der Waals surface area contributed by atoms with E-state index in [2.05, 4.69) is 10.1 Å². The highest BCUT2D eigenvalue weighted by atomic mass is 16.4. The summed E-state index contributed by atoms with van der Waals surface area (Å²) in [6.45, 7) is -0.0127. The van der Waals surface area contributed by atoms with E-state index in [0.29, 0.717) is 18.7 Å². The van der Waals surface area contributed by atoms with Crippen molar-refractivity contribution in [3.63, 3.8) is 0 Å². The van der Waals surface area contributed by atoms with E-state index in [0.717, 1.165) is 18.7 Å². The molecule has 0 aliphatic carbocycles. The maximum Gasteiger partial charge on any atom is 0.328 e. The van der Waals surface area contributed by atoms with Crippen molar-refractivity contribution >= 4 is 5.97 Å². The third-order valence-electron chi connectivity index (χ3n) is 2.54. The number of aromatic nitrogens is 3. The molecule has 2 N–H and O–H groups in total. The first-order valence-corrected chi connectivity index (χ1v) is 5.00. The molecule has 1 aromatic heterocycles. The smallest absolute Gasteiger partial charge is 0.328 e. The molecule has 82 valence electrons. The van der Waals surface area contributed by atoms with E-state index in [-0.39, 0.29) is 6.61 Å². The van der Waals surface area contributed by atoms with Crippen LogP contribution in [0.1, 0.15) is 30.5 Å². The van der Waals surface area contributed by atoms with E-state index < -0.39 is 12.0 Å². The van der Waals surface area contributed by atoms with Gasteiger partial charge in [0.25, 0.3) is 0 Å². The highest BCUT2D eigenvalue weighted by Crippen LogP contribution is 2.23. The molecule has 1 aromatic rings. The molecule has 0 saturated carbocycles. The predicted molar refractivity (Wildman–Crippen MR) is 50.4 cm³/mol. The van der Waals surface area contributed by atoms with E-state index >= 15 is 0 Å². The van der Waals surface area contributed by atoms with Crippen LogP contribution < -0.4 is 0 Å². The standard InChI is InChI=1S/C9H13N3O3/c13-5-4-7-10-8-3-1-2-6(9(14)15)12(8)11-7/h6,13H,1-5H2,(H,14,15). The number of aryl methyl sites for hydroxylation is 1. The van der Waals surface area contributed by atoms with Crippen LogP contribution in [0.4, 0.5) is 0 Å². The first-order valence-electron chi connectivity index (χ1n) is 5.00. The second-order valence-electron chi connectivity index (χ2n) is 3.61. The minimum absolute atomic E-state index is 0.0127. The van der Waals surface area contributed by atoms with Gasteiger partial charge in [-0.1, -0.05) is 0 Å². The van der Waals surface area contributed by atoms with Crippen molar-refractivity contribution in [2.45, 2.75) is 31.7 Å². The summed E-state index contributed by atoms with van der Waals surface area (Å²) in [5, 5.41) is 21.8. The molecular formula is C9H13N3O3. The number of carboxylic acids is 1. The Bertz CT molecular complexity index is 375. The van der Waals surface area contributed by atoms with Gasteiger partial charge in [-0.25, -0.2) is 14.5 Å². The molecule has 0 spiro atoms. The molecule has 2 heterocycles. The molecule has 0 bridgehead atoms. The van der Waals surface area contributed by atoms with E-state index in [1.165, 1.54) is 4.68 Å². The first kappa shape index (κ1) is 10.1. The number of nitrogens with zero attached hydrogens (tertiary/aromatic N) is 3. The molecule has 1 aliphatic rings. The molecule has 0 amide bonds. The number of aliphatic hydroxyl groups excluding tert-OH is 1. The van der Waals surface area contributed by atoms with Crippen LogP contribution in [-0.2, 0) is 17.6 Å². The lowest BCUT2D eigenvalue weighted by Crippen LogP contribution is -2.26. The number of hydrogen-bond donors (Lipinski definition) is 2. The summed E-state index contributed by atoms with van der Waals surface area (Å²) >= 11 is 0. The number of carboxylic acid groups (broad SMARTS) is 1. The minimum Gasteiger partial charge on any atom is -0.480 e. The fourth-order valence-electron chi connectivity index (χ4n) is 1.83. The van der Waals surface area contributed by atoms with Gasteiger partial charge in [0.1, 0.15) is 5.82 Å². The number of carbonyl (C=O) groups is 1. The van der Waals surface area contributed by atoms with Gasteiger partial charge in [-0.2, -0.15) is 5.10 Å². The lowest BCUT2D eigenvalue weighted by molar-refractivity contribution is -0.141. The molecule has 1 unspecified atom stereocenters. The summed E-state index contributed by atoms with van der Waals surface area (Å²) in [5.74, 6) is 0.383. The Hall–Kier alpha value is -1.43. The van der Waals surface area contributed by atoms with Crippen LogP contribution in [0.5, 0.6) is 0 Å². The molecule has 0 aromatic carbocycles. The topological polar surface area (TPSA) is 88.2 Å². The molecule has 1 aliphatic heterocycles. The largest absolute Gasteiger partial charge is 0.480 e. The van der Waals surface area contributed by atoms with Crippen molar-refractivity contribution in [2.75, 3.05) is 6.61 Å². The monoisotopic (exact) mass is 211 g/mol. The molecular weight excluding hydrogens is 198 g/mol. The zero-order valence-electron chi connectivity index (χ0n) is 8.26. The average Bonchev–Trinajstić information content (AvgIpc) is 2.59. The highest BCUT2D eigenvalue weighted by molar-refractivity contribution is 5.71. The predicted octanol–water partition coefficient (Wildman–Crippen LogP) is -0.225. The van der Waals surface area contributed by atoms with Crippen LogP contribution in [-0.4, -0.2) is 37.6 Å². The number of aliphatic hydroxyl groups is 1. The average molecular weight is 211 g/mol. The lowest BCUT2D eigenvalue weighted by atomic mass is 10.1. The van der Waals surface area contributed by atoms with Crippen LogP contribution >= 0.6 is 0 Å². The second kappa shape index (κ2) is 3.98. The van der Waals surface area contributed by atoms with E-state index in [9.17, 15) is 4.79 Å². The van der Waals surface area contributed by atoms with Crippen LogP contribution in [0.2, 0.25) is 0 Å². The number of rotatable bonds is 3. The van der Waals surface area contributed by atoms with Crippen LogP contribution in [0.3, 0.4) is 0 Å². The van der Waals surface area contributed by atoms with Gasteiger partial charge in [0, 0.05) is 12.8 Å². The Morgan fingerprint density at radius 3 is 3.07 bits per heavy atom. The maximum atomic E-state index is 10.9. The minimum atomic E-state index is -0.864. The van der Waals surface area contributed by atoms with Gasteiger partial charge < -0.3 is 10.2 Å².